The summed E-state index contributed by atoms with van der Waals surface area (Å²) in [5, 5.41) is 10.6. The fraction of sp³-hybridized carbons (Fsp3) is 0.0909. The number of aromatic carboxylic acids is 1. The van der Waals surface area contributed by atoms with Crippen LogP contribution in [-0.2, 0) is 0 Å². The molecule has 5 heteroatoms. The number of hydrogen-bond donors (Lipinski definition) is 2. The van der Waals surface area contributed by atoms with Gasteiger partial charge in [-0.3, -0.25) is 4.79 Å². The zero-order valence-corrected chi connectivity index (χ0v) is 9.30. The highest BCUT2D eigenvalue weighted by Gasteiger charge is 2.08. The Bertz CT molecular complexity index is 597. The first-order chi connectivity index (χ1) is 7.58. The third kappa shape index (κ3) is 1.90. The summed E-state index contributed by atoms with van der Waals surface area (Å²) in [5.74, 6) is -0.933. The van der Waals surface area contributed by atoms with Crippen molar-refractivity contribution in [3.63, 3.8) is 0 Å². The highest BCUT2D eigenvalue weighted by Crippen LogP contribution is 2.24. The average Bonchev–Trinajstić information content (AvgIpc) is 2.71. The van der Waals surface area contributed by atoms with E-state index in [0.717, 1.165) is 11.1 Å². The van der Waals surface area contributed by atoms with Crippen molar-refractivity contribution in [1.82, 2.24) is 4.98 Å². The van der Waals surface area contributed by atoms with E-state index >= 15 is 0 Å². The number of carboxylic acids is 1. The van der Waals surface area contributed by atoms with Crippen LogP contribution in [0.3, 0.4) is 0 Å². The molecule has 0 aliphatic heterocycles. The van der Waals surface area contributed by atoms with Gasteiger partial charge in [-0.2, -0.15) is 0 Å². The van der Waals surface area contributed by atoms with E-state index in [1.807, 2.05) is 0 Å². The van der Waals surface area contributed by atoms with Gasteiger partial charge in [-0.15, -0.1) is 11.3 Å². The number of thiophene rings is 1. The highest BCUT2D eigenvalue weighted by molar-refractivity contribution is 7.12. The summed E-state index contributed by atoms with van der Waals surface area (Å²) in [6.45, 7) is 1.72. The van der Waals surface area contributed by atoms with Gasteiger partial charge in [0.2, 0.25) is 0 Å². The first-order valence-electron chi connectivity index (χ1n) is 4.59. The molecule has 0 unspecified atom stereocenters. The van der Waals surface area contributed by atoms with E-state index in [-0.39, 0.29) is 5.56 Å². The van der Waals surface area contributed by atoms with Crippen LogP contribution >= 0.6 is 11.3 Å². The molecule has 4 nitrogen and oxygen atoms in total. The first kappa shape index (κ1) is 10.6. The second-order valence-electron chi connectivity index (χ2n) is 3.41. The summed E-state index contributed by atoms with van der Waals surface area (Å²) >= 11 is 1.17. The van der Waals surface area contributed by atoms with Crippen molar-refractivity contribution in [3.05, 3.63) is 44.5 Å². The lowest BCUT2D eigenvalue weighted by atomic mass is 10.1. The van der Waals surface area contributed by atoms with E-state index in [0.29, 0.717) is 10.4 Å². The van der Waals surface area contributed by atoms with Gasteiger partial charge in [0, 0.05) is 11.8 Å². The molecule has 0 amide bonds. The molecule has 82 valence electrons. The minimum absolute atomic E-state index is 0.127. The Labute approximate surface area is 95.2 Å². The van der Waals surface area contributed by atoms with Gasteiger partial charge < -0.3 is 10.1 Å². The van der Waals surface area contributed by atoms with E-state index in [1.165, 1.54) is 11.3 Å². The van der Waals surface area contributed by atoms with Crippen molar-refractivity contribution in [3.8, 4) is 11.1 Å². The molecule has 0 aliphatic carbocycles. The van der Waals surface area contributed by atoms with Gasteiger partial charge in [-0.05, 0) is 35.6 Å². The lowest BCUT2D eigenvalue weighted by molar-refractivity contribution is 0.0702. The smallest absolute Gasteiger partial charge is 0.345 e. The highest BCUT2D eigenvalue weighted by atomic mass is 32.1. The number of nitrogens with one attached hydrogen (secondary N) is 1. The number of carboxylic acid groups (broad SMARTS) is 1. The number of rotatable bonds is 2. The number of aromatic amines is 1. The number of carbonyl (C=O) groups is 1. The topological polar surface area (TPSA) is 70.2 Å². The summed E-state index contributed by atoms with van der Waals surface area (Å²) in [5.41, 5.74) is 2.11. The normalized spacial score (nSPS) is 10.3. The first-order valence-corrected chi connectivity index (χ1v) is 5.47. The predicted octanol–water partition coefficient (Wildman–Crippen LogP) is 2.11. The van der Waals surface area contributed by atoms with Gasteiger partial charge in [-0.25, -0.2) is 4.79 Å². The van der Waals surface area contributed by atoms with Gasteiger partial charge in [0.25, 0.3) is 5.56 Å². The van der Waals surface area contributed by atoms with Crippen LogP contribution in [0.1, 0.15) is 15.2 Å². The van der Waals surface area contributed by atoms with Crippen molar-refractivity contribution in [2.24, 2.45) is 0 Å². The summed E-state index contributed by atoms with van der Waals surface area (Å²) in [6, 6.07) is 3.34. The molecule has 0 saturated heterocycles. The molecule has 0 atom stereocenters. The number of aryl methyl sites for hydroxylation is 1. The minimum Gasteiger partial charge on any atom is -0.477 e. The average molecular weight is 235 g/mol. The van der Waals surface area contributed by atoms with Crippen LogP contribution in [0.5, 0.6) is 0 Å². The summed E-state index contributed by atoms with van der Waals surface area (Å²) in [4.78, 5) is 24.8. The maximum absolute atomic E-state index is 11.2. The van der Waals surface area contributed by atoms with Crippen LogP contribution in [0.4, 0.5) is 0 Å². The Morgan fingerprint density at radius 1 is 1.38 bits per heavy atom. The molecule has 0 aliphatic rings. The molecule has 2 rings (SSSR count). The van der Waals surface area contributed by atoms with E-state index in [9.17, 15) is 9.59 Å². The molecule has 16 heavy (non-hydrogen) atoms. The van der Waals surface area contributed by atoms with Gasteiger partial charge in [-0.1, -0.05) is 0 Å². The van der Waals surface area contributed by atoms with Crippen LogP contribution in [0.25, 0.3) is 11.1 Å². The monoisotopic (exact) mass is 235 g/mol. The van der Waals surface area contributed by atoms with E-state index in [4.69, 9.17) is 5.11 Å². The molecule has 0 radical (unpaired) electrons. The maximum atomic E-state index is 11.2. The fourth-order valence-electron chi connectivity index (χ4n) is 1.36. The SMILES string of the molecule is Cc1cc(-c2csc(C(=O)O)c2)c[nH]c1=O. The molecular weight excluding hydrogens is 226 g/mol. The summed E-state index contributed by atoms with van der Waals surface area (Å²) in [7, 11) is 0. The molecule has 2 N–H and O–H groups in total. The third-order valence-electron chi connectivity index (χ3n) is 2.23. The Morgan fingerprint density at radius 2 is 2.12 bits per heavy atom. The quantitative estimate of drug-likeness (QED) is 0.837. The standard InChI is InChI=1S/C11H9NO3S/c1-6-2-7(4-12-10(6)13)8-3-9(11(14)15)16-5-8/h2-5H,1H3,(H,12,13)(H,14,15). The maximum Gasteiger partial charge on any atom is 0.345 e. The van der Waals surface area contributed by atoms with Crippen molar-refractivity contribution in [1.29, 1.82) is 0 Å². The van der Waals surface area contributed by atoms with Gasteiger partial charge >= 0.3 is 5.97 Å². The molecule has 0 spiro atoms. The molecule has 0 saturated carbocycles. The number of H-pyrrole nitrogens is 1. The Hall–Kier alpha value is -1.88. The second-order valence-corrected chi connectivity index (χ2v) is 4.32. The predicted molar refractivity (Wildman–Crippen MR) is 62.1 cm³/mol. The second kappa shape index (κ2) is 3.94. The third-order valence-corrected chi connectivity index (χ3v) is 3.15. The van der Waals surface area contributed by atoms with Gasteiger partial charge in [0.05, 0.1) is 0 Å². The van der Waals surface area contributed by atoms with Crippen LogP contribution in [0.15, 0.2) is 28.5 Å². The largest absolute Gasteiger partial charge is 0.477 e. The van der Waals surface area contributed by atoms with E-state index in [1.54, 1.807) is 30.6 Å². The molecule has 0 fully saturated rings. The van der Waals surface area contributed by atoms with Gasteiger partial charge in [0.15, 0.2) is 0 Å². The van der Waals surface area contributed by atoms with Crippen LogP contribution in [0, 0.1) is 6.92 Å². The van der Waals surface area contributed by atoms with Crippen molar-refractivity contribution in [2.45, 2.75) is 6.92 Å². The lowest BCUT2D eigenvalue weighted by Gasteiger charge is -1.98. The molecule has 2 aromatic rings. The Balaban J connectivity index is 2.46. The summed E-state index contributed by atoms with van der Waals surface area (Å²) < 4.78 is 0. The van der Waals surface area contributed by atoms with Crippen LogP contribution in [0.2, 0.25) is 0 Å². The summed E-state index contributed by atoms with van der Waals surface area (Å²) in [6.07, 6.45) is 1.59. The molecule has 2 heterocycles. The van der Waals surface area contributed by atoms with Crippen molar-refractivity contribution >= 4 is 17.3 Å². The minimum atomic E-state index is -0.933. The van der Waals surface area contributed by atoms with Crippen LogP contribution in [-0.4, -0.2) is 16.1 Å². The van der Waals surface area contributed by atoms with Crippen molar-refractivity contribution in [2.75, 3.05) is 0 Å². The Kier molecular flexibility index (Phi) is 2.62. The number of hydrogen-bond acceptors (Lipinski definition) is 3. The molecular formula is C11H9NO3S. The molecule has 0 aromatic carbocycles. The molecule has 0 bridgehead atoms. The Morgan fingerprint density at radius 3 is 2.69 bits per heavy atom. The van der Waals surface area contributed by atoms with E-state index < -0.39 is 5.97 Å². The van der Waals surface area contributed by atoms with Crippen molar-refractivity contribution < 1.29 is 9.90 Å². The fourth-order valence-corrected chi connectivity index (χ4v) is 2.12. The number of aromatic nitrogens is 1. The van der Waals surface area contributed by atoms with E-state index in [2.05, 4.69) is 4.98 Å². The van der Waals surface area contributed by atoms with Crippen LogP contribution < -0.4 is 5.56 Å². The zero-order valence-electron chi connectivity index (χ0n) is 8.48. The molecule has 2 aromatic heterocycles. The number of pyridine rings is 1. The lowest BCUT2D eigenvalue weighted by Crippen LogP contribution is -2.07. The zero-order chi connectivity index (χ0) is 11.7. The van der Waals surface area contributed by atoms with Gasteiger partial charge in [0.1, 0.15) is 4.88 Å².